The maximum Gasteiger partial charge on any atom is 0.240 e. The smallest absolute Gasteiger partial charge is 0.240 e. The molecule has 0 aliphatic heterocycles. The molecular weight excluding hydrogens is 294 g/mol. The third kappa shape index (κ3) is 2.97. The van der Waals surface area contributed by atoms with Gasteiger partial charge in [0, 0.05) is 17.3 Å². The zero-order chi connectivity index (χ0) is 13.9. The number of aryl methyl sites for hydroxylation is 1. The lowest BCUT2D eigenvalue weighted by atomic mass is 10.2. The molecule has 0 unspecified atom stereocenters. The van der Waals surface area contributed by atoms with Crippen molar-refractivity contribution in [1.29, 1.82) is 0 Å². The van der Waals surface area contributed by atoms with Crippen molar-refractivity contribution in [1.82, 2.24) is 24.5 Å². The van der Waals surface area contributed by atoms with Crippen molar-refractivity contribution in [3.63, 3.8) is 0 Å². The van der Waals surface area contributed by atoms with Gasteiger partial charge in [-0.15, -0.1) is 0 Å². The predicted molar refractivity (Wildman–Crippen MR) is 77.3 cm³/mol. The van der Waals surface area contributed by atoms with Gasteiger partial charge in [0.05, 0.1) is 0 Å². The van der Waals surface area contributed by atoms with Crippen LogP contribution in [-0.4, -0.2) is 24.5 Å². The van der Waals surface area contributed by atoms with E-state index in [1.807, 2.05) is 25.1 Å². The van der Waals surface area contributed by atoms with Crippen LogP contribution >= 0.6 is 23.4 Å². The molecule has 0 saturated carbocycles. The first-order chi connectivity index (χ1) is 9.70. The summed E-state index contributed by atoms with van der Waals surface area (Å²) in [6.07, 6.45) is 5.03. The lowest BCUT2D eigenvalue weighted by Gasteiger charge is -2.04. The number of hydrogen-bond acceptors (Lipinski definition) is 5. The third-order valence-electron chi connectivity index (χ3n) is 2.51. The number of benzene rings is 1. The Hall–Kier alpha value is -1.92. The summed E-state index contributed by atoms with van der Waals surface area (Å²) in [4.78, 5) is 17.6. The zero-order valence-corrected chi connectivity index (χ0v) is 12.1. The van der Waals surface area contributed by atoms with Crippen molar-refractivity contribution >= 4 is 23.4 Å². The molecule has 3 aromatic rings. The summed E-state index contributed by atoms with van der Waals surface area (Å²) < 4.78 is 1.69. The van der Waals surface area contributed by atoms with Gasteiger partial charge in [-0.05, 0) is 42.4 Å². The molecule has 20 heavy (non-hydrogen) atoms. The molecule has 0 aliphatic rings. The second-order valence-electron chi connectivity index (χ2n) is 4.08. The second-order valence-corrected chi connectivity index (χ2v) is 5.45. The van der Waals surface area contributed by atoms with Gasteiger partial charge in [-0.1, -0.05) is 17.7 Å². The quantitative estimate of drug-likeness (QED) is 0.744. The largest absolute Gasteiger partial charge is 0.274 e. The Morgan fingerprint density at radius 2 is 2.10 bits per heavy atom. The highest BCUT2D eigenvalue weighted by Crippen LogP contribution is 2.26. The second kappa shape index (κ2) is 5.60. The minimum Gasteiger partial charge on any atom is -0.274 e. The first-order valence-corrected chi connectivity index (χ1v) is 7.04. The van der Waals surface area contributed by atoms with Crippen LogP contribution < -0.4 is 0 Å². The Morgan fingerprint density at radius 1 is 1.20 bits per heavy atom. The summed E-state index contributed by atoms with van der Waals surface area (Å²) in [5, 5.41) is 0.721. The predicted octanol–water partition coefficient (Wildman–Crippen LogP) is 3.17. The summed E-state index contributed by atoms with van der Waals surface area (Å²) in [6, 6.07) is 8.12. The first-order valence-electron chi connectivity index (χ1n) is 5.85. The summed E-state index contributed by atoms with van der Waals surface area (Å²) in [6.45, 7) is 2.04. The molecule has 0 aliphatic carbocycles. The minimum absolute atomic E-state index is 0.166. The fourth-order valence-electron chi connectivity index (χ4n) is 1.64. The van der Waals surface area contributed by atoms with Crippen LogP contribution in [0.5, 0.6) is 0 Å². The molecule has 0 bridgehead atoms. The molecule has 3 rings (SSSR count). The molecule has 0 atom stereocenters. The van der Waals surface area contributed by atoms with Crippen molar-refractivity contribution in [3.8, 4) is 5.95 Å². The van der Waals surface area contributed by atoms with Gasteiger partial charge in [-0.25, -0.2) is 4.98 Å². The standard InChI is InChI=1S/C13H10ClN5S/c1-9-3-2-4-10(7-9)20-13-17-11(14)16-12(18-13)19-6-5-15-8-19/h2-8H,1H3. The van der Waals surface area contributed by atoms with Crippen LogP contribution in [0.4, 0.5) is 0 Å². The van der Waals surface area contributed by atoms with E-state index >= 15 is 0 Å². The molecule has 0 saturated heterocycles. The van der Waals surface area contributed by atoms with E-state index < -0.39 is 0 Å². The van der Waals surface area contributed by atoms with Crippen LogP contribution in [0.3, 0.4) is 0 Å². The summed E-state index contributed by atoms with van der Waals surface area (Å²) in [5.74, 6) is 0.456. The van der Waals surface area contributed by atoms with Crippen LogP contribution in [-0.2, 0) is 0 Å². The van der Waals surface area contributed by atoms with Crippen molar-refractivity contribution < 1.29 is 0 Å². The third-order valence-corrected chi connectivity index (χ3v) is 3.53. The van der Waals surface area contributed by atoms with Gasteiger partial charge in [0.25, 0.3) is 0 Å². The SMILES string of the molecule is Cc1cccc(Sc2nc(Cl)nc(-n3ccnc3)n2)c1. The number of aromatic nitrogens is 5. The summed E-state index contributed by atoms with van der Waals surface area (Å²) in [5.41, 5.74) is 1.19. The maximum absolute atomic E-state index is 5.96. The average Bonchev–Trinajstić information content (AvgIpc) is 2.91. The molecule has 2 heterocycles. The molecule has 5 nitrogen and oxygen atoms in total. The van der Waals surface area contributed by atoms with Gasteiger partial charge in [-0.2, -0.15) is 15.0 Å². The Kier molecular flexibility index (Phi) is 3.66. The number of hydrogen-bond donors (Lipinski definition) is 0. The van der Waals surface area contributed by atoms with E-state index in [1.54, 1.807) is 23.3 Å². The Labute approximate surface area is 125 Å². The lowest BCUT2D eigenvalue weighted by Crippen LogP contribution is -2.02. The highest BCUT2D eigenvalue weighted by atomic mass is 35.5. The normalized spacial score (nSPS) is 10.7. The topological polar surface area (TPSA) is 56.5 Å². The number of halogens is 1. The Morgan fingerprint density at radius 3 is 2.85 bits per heavy atom. The molecule has 0 spiro atoms. The van der Waals surface area contributed by atoms with Crippen LogP contribution in [0.15, 0.2) is 53.0 Å². The Bertz CT molecular complexity index is 729. The van der Waals surface area contributed by atoms with Gasteiger partial charge in [0.2, 0.25) is 11.2 Å². The maximum atomic E-state index is 5.96. The van der Waals surface area contributed by atoms with Crippen molar-refractivity contribution in [2.45, 2.75) is 17.0 Å². The highest BCUT2D eigenvalue weighted by Gasteiger charge is 2.08. The molecule has 0 radical (unpaired) electrons. The minimum atomic E-state index is 0.166. The fraction of sp³-hybridized carbons (Fsp3) is 0.0769. The van der Waals surface area contributed by atoms with Gasteiger partial charge in [-0.3, -0.25) is 4.57 Å². The van der Waals surface area contributed by atoms with E-state index in [-0.39, 0.29) is 5.28 Å². The zero-order valence-electron chi connectivity index (χ0n) is 10.6. The molecule has 100 valence electrons. The monoisotopic (exact) mass is 303 g/mol. The van der Waals surface area contributed by atoms with Gasteiger partial charge in [0.1, 0.15) is 6.33 Å². The summed E-state index contributed by atoms with van der Waals surface area (Å²) in [7, 11) is 0. The van der Waals surface area contributed by atoms with Gasteiger partial charge < -0.3 is 0 Å². The van der Waals surface area contributed by atoms with E-state index in [0.29, 0.717) is 11.1 Å². The average molecular weight is 304 g/mol. The van der Waals surface area contributed by atoms with E-state index in [0.717, 1.165) is 4.90 Å². The highest BCUT2D eigenvalue weighted by molar-refractivity contribution is 7.99. The van der Waals surface area contributed by atoms with E-state index in [1.165, 1.54) is 17.3 Å². The van der Waals surface area contributed by atoms with Crippen LogP contribution in [0.2, 0.25) is 5.28 Å². The van der Waals surface area contributed by atoms with Crippen LogP contribution in [0.1, 0.15) is 5.56 Å². The van der Waals surface area contributed by atoms with E-state index in [9.17, 15) is 0 Å². The Balaban J connectivity index is 1.94. The summed E-state index contributed by atoms with van der Waals surface area (Å²) >= 11 is 7.40. The fourth-order valence-corrected chi connectivity index (χ4v) is 2.71. The van der Waals surface area contributed by atoms with Gasteiger partial charge in [0.15, 0.2) is 5.16 Å². The molecule has 2 aromatic heterocycles. The number of nitrogens with zero attached hydrogens (tertiary/aromatic N) is 5. The van der Waals surface area contributed by atoms with Gasteiger partial charge >= 0.3 is 0 Å². The molecule has 1 aromatic carbocycles. The first kappa shape index (κ1) is 13.1. The van der Waals surface area contributed by atoms with Crippen LogP contribution in [0, 0.1) is 6.92 Å². The van der Waals surface area contributed by atoms with Crippen LogP contribution in [0.25, 0.3) is 5.95 Å². The van der Waals surface area contributed by atoms with Crippen molar-refractivity contribution in [2.75, 3.05) is 0 Å². The molecule has 0 N–H and O–H groups in total. The molecule has 0 amide bonds. The molecule has 0 fully saturated rings. The molecule has 7 heteroatoms. The van der Waals surface area contributed by atoms with E-state index in [2.05, 4.69) is 26.0 Å². The van der Waals surface area contributed by atoms with Crippen molar-refractivity contribution in [3.05, 3.63) is 53.8 Å². The van der Waals surface area contributed by atoms with E-state index in [4.69, 9.17) is 11.6 Å². The number of imidazole rings is 1. The lowest BCUT2D eigenvalue weighted by molar-refractivity contribution is 0.823. The molecular formula is C13H10ClN5S. The number of rotatable bonds is 3. The van der Waals surface area contributed by atoms with Crippen molar-refractivity contribution in [2.24, 2.45) is 0 Å².